The molecule has 64 valence electrons. The van der Waals surface area contributed by atoms with Crippen molar-refractivity contribution in [3.63, 3.8) is 0 Å². The smallest absolute Gasteiger partial charge is 0.189 e. The summed E-state index contributed by atoms with van der Waals surface area (Å²) in [5.41, 5.74) is 0. The fraction of sp³-hybridized carbons (Fsp3) is 1.00. The summed E-state index contributed by atoms with van der Waals surface area (Å²) in [4.78, 5) is 0. The summed E-state index contributed by atoms with van der Waals surface area (Å²) in [5.74, 6) is 0. The molecule has 0 aliphatic rings. The van der Waals surface area contributed by atoms with E-state index in [4.69, 9.17) is 10.2 Å². The van der Waals surface area contributed by atoms with Gasteiger partial charge in [-0.3, -0.25) is 4.48 Å². The maximum absolute atomic E-state index is 9.06. The Balaban J connectivity index is 0. The highest BCUT2D eigenvalue weighted by Crippen LogP contribution is 2.07. The Kier molecular flexibility index (Phi) is 5.19. The SMILES string of the molecule is CC(O)[N+](C)(C)C(C)O.[SiH4]. The normalized spacial score (nSPS) is 17.4. The summed E-state index contributed by atoms with van der Waals surface area (Å²) in [7, 11) is 3.55. The molecule has 10 heavy (non-hydrogen) atoms. The third-order valence-corrected chi connectivity index (χ3v) is 1.93. The maximum atomic E-state index is 9.06. The monoisotopic (exact) mass is 166 g/mol. The number of rotatable bonds is 2. The molecule has 0 aromatic heterocycles. The van der Waals surface area contributed by atoms with Crippen LogP contribution in [0.4, 0.5) is 0 Å². The van der Waals surface area contributed by atoms with Crippen molar-refractivity contribution in [2.45, 2.75) is 26.3 Å². The van der Waals surface area contributed by atoms with Crippen molar-refractivity contribution in [2.75, 3.05) is 14.1 Å². The Bertz CT molecular complexity index is 83.7. The Labute approximate surface area is 66.9 Å². The molecule has 4 heteroatoms. The number of quaternary nitrogens is 1. The number of hydrogen-bond donors (Lipinski definition) is 2. The van der Waals surface area contributed by atoms with E-state index >= 15 is 0 Å². The van der Waals surface area contributed by atoms with Crippen LogP contribution in [-0.2, 0) is 0 Å². The molecule has 2 atom stereocenters. The van der Waals surface area contributed by atoms with E-state index < -0.39 is 12.5 Å². The van der Waals surface area contributed by atoms with Gasteiger partial charge in [-0.25, -0.2) is 0 Å². The van der Waals surface area contributed by atoms with Gasteiger partial charge >= 0.3 is 0 Å². The molecule has 3 nitrogen and oxygen atoms in total. The van der Waals surface area contributed by atoms with Gasteiger partial charge in [0.25, 0.3) is 0 Å². The molecule has 0 saturated heterocycles. The highest BCUT2D eigenvalue weighted by atomic mass is 28.1. The Morgan fingerprint density at radius 2 is 1.20 bits per heavy atom. The van der Waals surface area contributed by atoms with E-state index in [0.717, 1.165) is 0 Å². The van der Waals surface area contributed by atoms with Gasteiger partial charge in [0.15, 0.2) is 12.5 Å². The van der Waals surface area contributed by atoms with E-state index in [1.165, 1.54) is 0 Å². The van der Waals surface area contributed by atoms with Crippen LogP contribution in [0.25, 0.3) is 0 Å². The molecule has 2 unspecified atom stereocenters. The second-order valence-corrected chi connectivity index (χ2v) is 2.89. The fourth-order valence-corrected chi connectivity index (χ4v) is 0.312. The van der Waals surface area contributed by atoms with E-state index in [2.05, 4.69) is 0 Å². The van der Waals surface area contributed by atoms with Crippen molar-refractivity contribution in [2.24, 2.45) is 0 Å². The molecule has 0 heterocycles. The largest absolute Gasteiger partial charge is 0.345 e. The van der Waals surface area contributed by atoms with Crippen molar-refractivity contribution in [3.8, 4) is 0 Å². The van der Waals surface area contributed by atoms with E-state index in [1.807, 2.05) is 0 Å². The molecule has 0 aromatic carbocycles. The van der Waals surface area contributed by atoms with Crippen molar-refractivity contribution >= 4 is 11.0 Å². The molecule has 0 saturated carbocycles. The topological polar surface area (TPSA) is 40.5 Å². The lowest BCUT2D eigenvalue weighted by molar-refractivity contribution is -0.974. The van der Waals surface area contributed by atoms with Crippen molar-refractivity contribution in [3.05, 3.63) is 0 Å². The van der Waals surface area contributed by atoms with Gasteiger partial charge in [-0.05, 0) is 11.0 Å². The number of aliphatic hydroxyl groups excluding tert-OH is 2. The van der Waals surface area contributed by atoms with Gasteiger partial charge in [0.2, 0.25) is 0 Å². The summed E-state index contributed by atoms with van der Waals surface area (Å²) in [5, 5.41) is 18.1. The van der Waals surface area contributed by atoms with Crippen molar-refractivity contribution in [1.82, 2.24) is 0 Å². The zero-order valence-electron chi connectivity index (χ0n) is 6.50. The van der Waals surface area contributed by atoms with Crippen LogP contribution in [0.15, 0.2) is 0 Å². The summed E-state index contributed by atoms with van der Waals surface area (Å²) >= 11 is 0. The molecule has 0 aromatic rings. The Hall–Kier alpha value is 0.0969. The van der Waals surface area contributed by atoms with Crippen LogP contribution >= 0.6 is 0 Å². The first-order valence-corrected chi connectivity index (χ1v) is 3.08. The second kappa shape index (κ2) is 4.08. The molecule has 0 aliphatic carbocycles. The molecule has 0 amide bonds. The molecule has 0 radical (unpaired) electrons. The van der Waals surface area contributed by atoms with Gasteiger partial charge in [0.1, 0.15) is 0 Å². The average Bonchev–Trinajstić information content (AvgIpc) is 1.65. The average molecular weight is 166 g/mol. The summed E-state index contributed by atoms with van der Waals surface area (Å²) in [6, 6.07) is 0. The minimum Gasteiger partial charge on any atom is -0.345 e. The van der Waals surface area contributed by atoms with Crippen molar-refractivity contribution < 1.29 is 14.7 Å². The maximum Gasteiger partial charge on any atom is 0.189 e. The quantitative estimate of drug-likeness (QED) is 0.291. The molecule has 0 bridgehead atoms. The first kappa shape index (κ1) is 12.7. The van der Waals surface area contributed by atoms with Crippen LogP contribution in [0.1, 0.15) is 13.8 Å². The van der Waals surface area contributed by atoms with Gasteiger partial charge in [-0.1, -0.05) is 0 Å². The Morgan fingerprint density at radius 1 is 1.00 bits per heavy atom. The lowest BCUT2D eigenvalue weighted by Gasteiger charge is -2.35. The third kappa shape index (κ3) is 2.79. The molecule has 0 fully saturated rings. The van der Waals surface area contributed by atoms with E-state index in [9.17, 15) is 0 Å². The Morgan fingerprint density at radius 3 is 1.20 bits per heavy atom. The number of aliphatic hydroxyl groups is 2. The summed E-state index contributed by atoms with van der Waals surface area (Å²) in [6.45, 7) is 3.32. The van der Waals surface area contributed by atoms with E-state index in [0.29, 0.717) is 0 Å². The zero-order valence-corrected chi connectivity index (χ0v) is 6.50. The first-order valence-electron chi connectivity index (χ1n) is 3.08. The molecule has 0 spiro atoms. The predicted octanol–water partition coefficient (Wildman–Crippen LogP) is -1.71. The lowest BCUT2D eigenvalue weighted by atomic mass is 10.4. The third-order valence-electron chi connectivity index (χ3n) is 1.93. The molecule has 0 rings (SSSR count). The molecular weight excluding hydrogens is 146 g/mol. The van der Waals surface area contributed by atoms with Gasteiger partial charge in [-0.2, -0.15) is 0 Å². The van der Waals surface area contributed by atoms with E-state index in [1.54, 1.807) is 27.9 Å². The van der Waals surface area contributed by atoms with Crippen LogP contribution in [0.5, 0.6) is 0 Å². The van der Waals surface area contributed by atoms with E-state index in [-0.39, 0.29) is 15.4 Å². The first-order chi connectivity index (χ1) is 3.89. The number of nitrogens with zero attached hydrogens (tertiary/aromatic N) is 1. The molecule has 0 aliphatic heterocycles. The van der Waals surface area contributed by atoms with Crippen LogP contribution in [0.3, 0.4) is 0 Å². The summed E-state index contributed by atoms with van der Waals surface area (Å²) < 4.78 is 0.222. The lowest BCUT2D eigenvalue weighted by Crippen LogP contribution is -2.53. The van der Waals surface area contributed by atoms with Crippen LogP contribution in [0, 0.1) is 0 Å². The highest BCUT2D eigenvalue weighted by Gasteiger charge is 2.26. The fourth-order valence-electron chi connectivity index (χ4n) is 0.312. The van der Waals surface area contributed by atoms with Gasteiger partial charge in [-0.15, -0.1) is 0 Å². The standard InChI is InChI=1S/C6H16NO2.H4Si/c1-5(8)7(3,4)6(2)9;/h5-6,8-9H,1-4H3;1H4/q+1;. The van der Waals surface area contributed by atoms with Crippen LogP contribution < -0.4 is 0 Å². The van der Waals surface area contributed by atoms with Gasteiger partial charge in [0.05, 0.1) is 14.1 Å². The van der Waals surface area contributed by atoms with Gasteiger partial charge in [0, 0.05) is 13.8 Å². The van der Waals surface area contributed by atoms with Crippen molar-refractivity contribution in [1.29, 1.82) is 0 Å². The zero-order chi connectivity index (χ0) is 7.65. The molecule has 2 N–H and O–H groups in total. The van der Waals surface area contributed by atoms with Crippen LogP contribution in [-0.4, -0.2) is 52.2 Å². The minimum absolute atomic E-state index is 0. The van der Waals surface area contributed by atoms with Gasteiger partial charge < -0.3 is 10.2 Å². The second-order valence-electron chi connectivity index (χ2n) is 2.89. The van der Waals surface area contributed by atoms with Crippen LogP contribution in [0.2, 0.25) is 0 Å². The summed E-state index contributed by atoms with van der Waals surface area (Å²) in [6.07, 6.45) is -1.05. The predicted molar refractivity (Wildman–Crippen MR) is 46.8 cm³/mol. The molecular formula is C6H20NO2Si+. The number of hydrogen-bond acceptors (Lipinski definition) is 2. The minimum atomic E-state index is -0.523. The highest BCUT2D eigenvalue weighted by molar-refractivity contribution is 5.75.